The number of hydrogen-bond donors (Lipinski definition) is 2. The van der Waals surface area contributed by atoms with Crippen LogP contribution in [0.5, 0.6) is 5.75 Å². The number of aromatic hydroxyl groups is 1. The molecule has 1 amide bonds. The first kappa shape index (κ1) is 12.8. The number of amides is 1. The number of nitrogens with one attached hydrogen (secondary N) is 1. The first-order valence-electron chi connectivity index (χ1n) is 5.03. The van der Waals surface area contributed by atoms with Crippen LogP contribution in [0.2, 0.25) is 0 Å². The predicted molar refractivity (Wildman–Crippen MR) is 65.0 cm³/mol. The molecule has 0 aliphatic rings. The van der Waals surface area contributed by atoms with E-state index in [1.54, 1.807) is 12.2 Å². The first-order valence-corrected chi connectivity index (χ1v) is 5.03. The highest BCUT2D eigenvalue weighted by Gasteiger charge is 2.17. The minimum Gasteiger partial charge on any atom is -0.507 e. The van der Waals surface area contributed by atoms with Crippen molar-refractivity contribution in [1.29, 1.82) is 0 Å². The molecule has 1 aromatic rings. The van der Waals surface area contributed by atoms with Crippen LogP contribution in [-0.2, 0) is 0 Å². The van der Waals surface area contributed by atoms with Crippen LogP contribution < -0.4 is 5.56 Å². The van der Waals surface area contributed by atoms with Crippen LogP contribution in [0.15, 0.2) is 42.4 Å². The average Bonchev–Trinajstić information content (AvgIpc) is 2.28. The number of hydrogen-bond acceptors (Lipinski definition) is 3. The van der Waals surface area contributed by atoms with E-state index < -0.39 is 11.5 Å². The minimum absolute atomic E-state index is 0.0494. The van der Waals surface area contributed by atoms with Crippen molar-refractivity contribution in [2.24, 2.45) is 0 Å². The summed E-state index contributed by atoms with van der Waals surface area (Å²) in [5, 5.41) is 9.53. The van der Waals surface area contributed by atoms with E-state index in [1.165, 1.54) is 11.1 Å². The van der Waals surface area contributed by atoms with Crippen molar-refractivity contribution in [3.05, 3.63) is 53.5 Å². The zero-order valence-corrected chi connectivity index (χ0v) is 9.35. The number of aromatic amines is 1. The van der Waals surface area contributed by atoms with Crippen LogP contribution in [-0.4, -0.2) is 34.0 Å². The summed E-state index contributed by atoms with van der Waals surface area (Å²) in [4.78, 5) is 26.7. The topological polar surface area (TPSA) is 73.4 Å². The summed E-state index contributed by atoms with van der Waals surface area (Å²) < 4.78 is 0. The Hall–Kier alpha value is -2.30. The van der Waals surface area contributed by atoms with Gasteiger partial charge in [-0.1, -0.05) is 12.2 Å². The Balaban J connectivity index is 3.04. The van der Waals surface area contributed by atoms with Gasteiger partial charge >= 0.3 is 0 Å². The Kier molecular flexibility index (Phi) is 4.28. The molecule has 0 saturated carbocycles. The van der Waals surface area contributed by atoms with Gasteiger partial charge in [0.2, 0.25) is 0 Å². The summed E-state index contributed by atoms with van der Waals surface area (Å²) >= 11 is 0. The number of aromatic nitrogens is 1. The Morgan fingerprint density at radius 1 is 1.41 bits per heavy atom. The van der Waals surface area contributed by atoms with E-state index in [4.69, 9.17) is 0 Å². The zero-order chi connectivity index (χ0) is 12.8. The molecule has 5 nitrogen and oxygen atoms in total. The van der Waals surface area contributed by atoms with Crippen molar-refractivity contribution in [2.75, 3.05) is 13.1 Å². The maximum absolute atomic E-state index is 12.0. The highest BCUT2D eigenvalue weighted by molar-refractivity contribution is 5.96. The molecule has 1 aromatic heterocycles. The average molecular weight is 234 g/mol. The molecule has 17 heavy (non-hydrogen) atoms. The van der Waals surface area contributed by atoms with Crippen molar-refractivity contribution in [2.45, 2.75) is 0 Å². The third-order valence-electron chi connectivity index (χ3n) is 2.12. The first-order chi connectivity index (χ1) is 8.10. The molecule has 0 bridgehead atoms. The van der Waals surface area contributed by atoms with Gasteiger partial charge in [-0.25, -0.2) is 0 Å². The number of nitrogens with zero attached hydrogens (tertiary/aromatic N) is 1. The second kappa shape index (κ2) is 5.69. The molecule has 0 atom stereocenters. The van der Waals surface area contributed by atoms with Crippen LogP contribution in [0.1, 0.15) is 10.4 Å². The standard InChI is InChI=1S/C12H14N2O3/c1-3-5-14(6-4-2)12(17)9-8-13-11(16)7-10(9)15/h3-4,7-8H,1-2,5-6H2,(H2,13,15,16). The largest absolute Gasteiger partial charge is 0.507 e. The summed E-state index contributed by atoms with van der Waals surface area (Å²) in [6.07, 6.45) is 4.34. The van der Waals surface area contributed by atoms with Gasteiger partial charge in [0.25, 0.3) is 11.5 Å². The van der Waals surface area contributed by atoms with E-state index in [2.05, 4.69) is 18.1 Å². The van der Waals surface area contributed by atoms with Crippen LogP contribution in [0.3, 0.4) is 0 Å². The van der Waals surface area contributed by atoms with E-state index in [0.717, 1.165) is 6.07 Å². The molecule has 0 unspecified atom stereocenters. The number of H-pyrrole nitrogens is 1. The molecule has 1 rings (SSSR count). The molecule has 0 aliphatic heterocycles. The Bertz CT molecular complexity index is 481. The van der Waals surface area contributed by atoms with Crippen molar-refractivity contribution in [3.63, 3.8) is 0 Å². The quantitative estimate of drug-likeness (QED) is 0.743. The molecule has 0 aliphatic carbocycles. The lowest BCUT2D eigenvalue weighted by molar-refractivity contribution is 0.0787. The summed E-state index contributed by atoms with van der Waals surface area (Å²) in [6.45, 7) is 7.77. The fourth-order valence-corrected chi connectivity index (χ4v) is 1.35. The highest BCUT2D eigenvalue weighted by Crippen LogP contribution is 2.14. The van der Waals surface area contributed by atoms with Gasteiger partial charge in [0.1, 0.15) is 5.75 Å². The van der Waals surface area contributed by atoms with Crippen LogP contribution in [0, 0.1) is 0 Å². The summed E-state index contributed by atoms with van der Waals surface area (Å²) in [6, 6.07) is 0.966. The Labute approximate surface area is 98.7 Å². The van der Waals surface area contributed by atoms with E-state index in [0.29, 0.717) is 13.1 Å². The molecule has 0 saturated heterocycles. The van der Waals surface area contributed by atoms with Gasteiger partial charge in [-0.05, 0) is 0 Å². The molecule has 1 heterocycles. The van der Waals surface area contributed by atoms with E-state index >= 15 is 0 Å². The van der Waals surface area contributed by atoms with Crippen LogP contribution >= 0.6 is 0 Å². The number of carbonyl (C=O) groups excluding carboxylic acids is 1. The van der Waals surface area contributed by atoms with Gasteiger partial charge in [-0.2, -0.15) is 0 Å². The maximum atomic E-state index is 12.0. The number of carbonyl (C=O) groups is 1. The number of rotatable bonds is 5. The van der Waals surface area contributed by atoms with Crippen molar-refractivity contribution in [1.82, 2.24) is 9.88 Å². The van der Waals surface area contributed by atoms with Gasteiger partial charge in [0.15, 0.2) is 0 Å². The fraction of sp³-hybridized carbons (Fsp3) is 0.167. The van der Waals surface area contributed by atoms with Gasteiger partial charge in [0.05, 0.1) is 5.56 Å². The SMILES string of the molecule is C=CCN(CC=C)C(=O)c1c[nH]c(=O)cc1O. The molecule has 2 N–H and O–H groups in total. The molecule has 0 radical (unpaired) electrons. The molecular weight excluding hydrogens is 220 g/mol. The van der Waals surface area contributed by atoms with E-state index in [1.807, 2.05) is 0 Å². The normalized spacial score (nSPS) is 9.65. The second-order valence-corrected chi connectivity index (χ2v) is 3.38. The minimum atomic E-state index is -0.460. The van der Waals surface area contributed by atoms with Gasteiger partial charge in [-0.15, -0.1) is 13.2 Å². The third-order valence-corrected chi connectivity index (χ3v) is 2.12. The van der Waals surface area contributed by atoms with Crippen molar-refractivity contribution in [3.8, 4) is 5.75 Å². The maximum Gasteiger partial charge on any atom is 0.259 e. The molecule has 0 spiro atoms. The molecule has 0 fully saturated rings. The third kappa shape index (κ3) is 3.07. The lowest BCUT2D eigenvalue weighted by Crippen LogP contribution is -2.31. The summed E-state index contributed by atoms with van der Waals surface area (Å²) in [7, 11) is 0. The molecule has 5 heteroatoms. The van der Waals surface area contributed by atoms with E-state index in [9.17, 15) is 14.7 Å². The van der Waals surface area contributed by atoms with Gasteiger partial charge in [-0.3, -0.25) is 9.59 Å². The van der Waals surface area contributed by atoms with Gasteiger partial charge < -0.3 is 15.0 Å². The Morgan fingerprint density at radius 2 is 2.00 bits per heavy atom. The van der Waals surface area contributed by atoms with Gasteiger partial charge in [0, 0.05) is 25.4 Å². The monoisotopic (exact) mass is 234 g/mol. The molecule has 90 valence electrons. The smallest absolute Gasteiger partial charge is 0.259 e. The molecular formula is C12H14N2O3. The fourth-order valence-electron chi connectivity index (χ4n) is 1.35. The number of pyridine rings is 1. The van der Waals surface area contributed by atoms with Crippen molar-refractivity contribution >= 4 is 5.91 Å². The van der Waals surface area contributed by atoms with Crippen LogP contribution in [0.25, 0.3) is 0 Å². The Morgan fingerprint density at radius 3 is 2.47 bits per heavy atom. The van der Waals surface area contributed by atoms with Crippen molar-refractivity contribution < 1.29 is 9.90 Å². The molecule has 0 aromatic carbocycles. The second-order valence-electron chi connectivity index (χ2n) is 3.38. The van der Waals surface area contributed by atoms with E-state index in [-0.39, 0.29) is 11.3 Å². The lowest BCUT2D eigenvalue weighted by atomic mass is 10.2. The van der Waals surface area contributed by atoms with Crippen LogP contribution in [0.4, 0.5) is 0 Å². The highest BCUT2D eigenvalue weighted by atomic mass is 16.3. The zero-order valence-electron chi connectivity index (χ0n) is 9.35. The predicted octanol–water partition coefficient (Wildman–Crippen LogP) is 0.895. The summed E-state index contributed by atoms with van der Waals surface area (Å²) in [5.74, 6) is -0.726. The lowest BCUT2D eigenvalue weighted by Gasteiger charge is -2.19. The summed E-state index contributed by atoms with van der Waals surface area (Å²) in [5.41, 5.74) is -0.411.